The van der Waals surface area contributed by atoms with Crippen LogP contribution in [0.1, 0.15) is 44.2 Å². The number of allylic oxidation sites excluding steroid dienone is 2. The first-order chi connectivity index (χ1) is 11.5. The average molecular weight is 328 g/mol. The van der Waals surface area contributed by atoms with Gasteiger partial charge in [0.2, 0.25) is 5.91 Å². The lowest BCUT2D eigenvalue weighted by Gasteiger charge is -2.16. The summed E-state index contributed by atoms with van der Waals surface area (Å²) in [6, 6.07) is 6.15. The van der Waals surface area contributed by atoms with E-state index in [0.29, 0.717) is 13.1 Å². The van der Waals surface area contributed by atoms with Gasteiger partial charge in [-0.15, -0.1) is 0 Å². The second-order valence-corrected chi connectivity index (χ2v) is 6.67. The Balaban J connectivity index is 1.76. The van der Waals surface area contributed by atoms with Gasteiger partial charge in [0.05, 0.1) is 13.1 Å². The van der Waals surface area contributed by atoms with Crippen LogP contribution in [0.5, 0.6) is 0 Å². The molecule has 1 aromatic carbocycles. The molecular formula is C19H24N2O3. The number of anilines is 1. The molecule has 5 heteroatoms. The molecule has 0 aromatic heterocycles. The van der Waals surface area contributed by atoms with Gasteiger partial charge in [-0.2, -0.15) is 0 Å². The Bertz CT molecular complexity index is 709. The number of rotatable bonds is 4. The highest BCUT2D eigenvalue weighted by atomic mass is 16.6. The first-order valence-corrected chi connectivity index (χ1v) is 8.48. The van der Waals surface area contributed by atoms with Gasteiger partial charge in [0.25, 0.3) is 0 Å². The Morgan fingerprint density at radius 2 is 2.12 bits per heavy atom. The van der Waals surface area contributed by atoms with Gasteiger partial charge in [0.15, 0.2) is 0 Å². The van der Waals surface area contributed by atoms with Gasteiger partial charge >= 0.3 is 6.09 Å². The van der Waals surface area contributed by atoms with E-state index in [-0.39, 0.29) is 18.1 Å². The van der Waals surface area contributed by atoms with Crippen molar-refractivity contribution >= 4 is 23.3 Å². The molecule has 1 aromatic rings. The molecule has 0 unspecified atom stereocenters. The summed E-state index contributed by atoms with van der Waals surface area (Å²) in [5.41, 5.74) is 6.24. The van der Waals surface area contributed by atoms with Gasteiger partial charge in [-0.3, -0.25) is 9.69 Å². The quantitative estimate of drug-likeness (QED) is 0.921. The van der Waals surface area contributed by atoms with Crippen molar-refractivity contribution in [3.63, 3.8) is 0 Å². The minimum absolute atomic E-state index is 0.120. The van der Waals surface area contributed by atoms with Crippen LogP contribution >= 0.6 is 0 Å². The predicted molar refractivity (Wildman–Crippen MR) is 93.9 cm³/mol. The number of carbonyl (C=O) groups excluding carboxylic acids is 2. The predicted octanol–water partition coefficient (Wildman–Crippen LogP) is 3.41. The molecule has 2 amide bonds. The van der Waals surface area contributed by atoms with Crippen molar-refractivity contribution < 1.29 is 14.3 Å². The average Bonchev–Trinajstić information content (AvgIpc) is 3.11. The standard InChI is InChI=1S/C19H24N2O3/c1-12-5-4-6-17(12)18-8-7-15(9-13(18)2)21-11-16(24-19(21)23)10-20-14(3)22/h7-9,16H,4-6,10-11H2,1-3H3,(H,20,22)/t16-/m0/s1. The molecular weight excluding hydrogens is 304 g/mol. The van der Waals surface area contributed by atoms with Gasteiger partial charge in [0, 0.05) is 12.6 Å². The van der Waals surface area contributed by atoms with E-state index in [1.165, 1.54) is 42.0 Å². The smallest absolute Gasteiger partial charge is 0.414 e. The number of nitrogens with one attached hydrogen (secondary N) is 1. The second kappa shape index (κ2) is 6.67. The molecule has 0 bridgehead atoms. The number of nitrogens with zero attached hydrogens (tertiary/aromatic N) is 1. The van der Waals surface area contributed by atoms with Crippen molar-refractivity contribution in [3.05, 3.63) is 34.9 Å². The van der Waals surface area contributed by atoms with Crippen LogP contribution < -0.4 is 10.2 Å². The highest BCUT2D eigenvalue weighted by Gasteiger charge is 2.32. The monoisotopic (exact) mass is 328 g/mol. The summed E-state index contributed by atoms with van der Waals surface area (Å²) in [6.45, 7) is 6.56. The van der Waals surface area contributed by atoms with Crippen LogP contribution in [-0.2, 0) is 9.53 Å². The van der Waals surface area contributed by atoms with E-state index in [0.717, 1.165) is 12.1 Å². The molecule has 1 heterocycles. The first-order valence-electron chi connectivity index (χ1n) is 8.48. The highest BCUT2D eigenvalue weighted by molar-refractivity contribution is 5.90. The Kier molecular flexibility index (Phi) is 4.60. The third kappa shape index (κ3) is 3.30. The largest absolute Gasteiger partial charge is 0.442 e. The number of amides is 2. The molecule has 0 radical (unpaired) electrons. The summed E-state index contributed by atoms with van der Waals surface area (Å²) in [5, 5.41) is 2.69. The lowest BCUT2D eigenvalue weighted by molar-refractivity contribution is -0.119. The molecule has 1 atom stereocenters. The Labute approximate surface area is 142 Å². The lowest BCUT2D eigenvalue weighted by Crippen LogP contribution is -2.33. The fraction of sp³-hybridized carbons (Fsp3) is 0.474. The molecule has 5 nitrogen and oxygen atoms in total. The van der Waals surface area contributed by atoms with Crippen LogP contribution in [-0.4, -0.2) is 31.2 Å². The maximum atomic E-state index is 12.1. The van der Waals surface area contributed by atoms with Crippen LogP contribution in [0.25, 0.3) is 5.57 Å². The van der Waals surface area contributed by atoms with E-state index in [9.17, 15) is 9.59 Å². The summed E-state index contributed by atoms with van der Waals surface area (Å²) in [5.74, 6) is -0.120. The summed E-state index contributed by atoms with van der Waals surface area (Å²) in [7, 11) is 0. The molecule has 0 spiro atoms. The summed E-state index contributed by atoms with van der Waals surface area (Å²) in [6.07, 6.45) is 2.89. The molecule has 24 heavy (non-hydrogen) atoms. The van der Waals surface area contributed by atoms with Gasteiger partial charge in [0.1, 0.15) is 6.10 Å². The molecule has 2 aliphatic rings. The topological polar surface area (TPSA) is 58.6 Å². The Morgan fingerprint density at radius 3 is 2.75 bits per heavy atom. The minimum atomic E-state index is -0.353. The van der Waals surface area contributed by atoms with E-state index in [4.69, 9.17) is 4.74 Å². The second-order valence-electron chi connectivity index (χ2n) is 6.67. The van der Waals surface area contributed by atoms with E-state index in [2.05, 4.69) is 31.3 Å². The number of hydrogen-bond acceptors (Lipinski definition) is 3. The number of aryl methyl sites for hydroxylation is 1. The molecule has 128 valence electrons. The Hall–Kier alpha value is -2.30. The number of cyclic esters (lactones) is 1. The zero-order chi connectivity index (χ0) is 17.3. The molecule has 1 aliphatic heterocycles. The maximum Gasteiger partial charge on any atom is 0.414 e. The van der Waals surface area contributed by atoms with Gasteiger partial charge < -0.3 is 10.1 Å². The molecule has 1 aliphatic carbocycles. The SMILES string of the molecule is CC(=O)NC[C@H]1CN(c2ccc(C3=C(C)CCC3)c(C)c2)C(=O)O1. The molecule has 1 fully saturated rings. The summed E-state index contributed by atoms with van der Waals surface area (Å²) < 4.78 is 5.33. The Morgan fingerprint density at radius 1 is 1.33 bits per heavy atom. The number of hydrogen-bond donors (Lipinski definition) is 1. The zero-order valence-electron chi connectivity index (χ0n) is 14.5. The normalized spacial score (nSPS) is 20.5. The third-order valence-electron chi connectivity index (χ3n) is 4.79. The van der Waals surface area contributed by atoms with Gasteiger partial charge in [-0.1, -0.05) is 11.6 Å². The molecule has 1 N–H and O–H groups in total. The zero-order valence-corrected chi connectivity index (χ0v) is 14.5. The van der Waals surface area contributed by atoms with Crippen LogP contribution in [0.15, 0.2) is 23.8 Å². The number of benzene rings is 1. The van der Waals surface area contributed by atoms with Crippen LogP contribution in [0.4, 0.5) is 10.5 Å². The summed E-state index contributed by atoms with van der Waals surface area (Å²) in [4.78, 5) is 24.8. The number of carbonyl (C=O) groups is 2. The van der Waals surface area contributed by atoms with Crippen molar-refractivity contribution in [1.82, 2.24) is 5.32 Å². The third-order valence-corrected chi connectivity index (χ3v) is 4.79. The minimum Gasteiger partial charge on any atom is -0.442 e. The maximum absolute atomic E-state index is 12.1. The first kappa shape index (κ1) is 16.6. The fourth-order valence-corrected chi connectivity index (χ4v) is 3.51. The van der Waals surface area contributed by atoms with Crippen molar-refractivity contribution in [2.45, 2.75) is 46.1 Å². The summed E-state index contributed by atoms with van der Waals surface area (Å²) >= 11 is 0. The lowest BCUT2D eigenvalue weighted by atomic mass is 9.97. The molecule has 0 saturated carbocycles. The van der Waals surface area contributed by atoms with E-state index >= 15 is 0 Å². The highest BCUT2D eigenvalue weighted by Crippen LogP contribution is 2.36. The number of ether oxygens (including phenoxy) is 1. The fourth-order valence-electron chi connectivity index (χ4n) is 3.51. The van der Waals surface area contributed by atoms with E-state index < -0.39 is 0 Å². The molecule has 3 rings (SSSR count). The molecule has 1 saturated heterocycles. The van der Waals surface area contributed by atoms with Gasteiger partial charge in [-0.05, 0) is 61.9 Å². The van der Waals surface area contributed by atoms with Crippen LogP contribution in [0.2, 0.25) is 0 Å². The van der Waals surface area contributed by atoms with Crippen molar-refractivity contribution in [1.29, 1.82) is 0 Å². The van der Waals surface area contributed by atoms with Crippen molar-refractivity contribution in [2.75, 3.05) is 18.0 Å². The van der Waals surface area contributed by atoms with E-state index in [1.54, 1.807) is 4.90 Å². The van der Waals surface area contributed by atoms with Crippen molar-refractivity contribution in [3.8, 4) is 0 Å². The van der Waals surface area contributed by atoms with Crippen LogP contribution in [0, 0.1) is 6.92 Å². The van der Waals surface area contributed by atoms with Gasteiger partial charge in [-0.25, -0.2) is 4.79 Å². The van der Waals surface area contributed by atoms with Crippen LogP contribution in [0.3, 0.4) is 0 Å². The van der Waals surface area contributed by atoms with E-state index in [1.807, 2.05) is 6.07 Å². The van der Waals surface area contributed by atoms with Crippen molar-refractivity contribution in [2.24, 2.45) is 0 Å².